The molecule has 6 nitrogen and oxygen atoms in total. The van der Waals surface area contributed by atoms with Gasteiger partial charge >= 0.3 is 10.1 Å². The van der Waals surface area contributed by atoms with Gasteiger partial charge in [0.2, 0.25) is 0 Å². The number of amides is 1. The molecule has 2 aromatic carbocycles. The Hall–Kier alpha value is -2.84. The van der Waals surface area contributed by atoms with Crippen LogP contribution < -0.4 is 4.18 Å². The lowest BCUT2D eigenvalue weighted by atomic mass is 10.1. The summed E-state index contributed by atoms with van der Waals surface area (Å²) in [6, 6.07) is 13.1. The van der Waals surface area contributed by atoms with Gasteiger partial charge in [-0.15, -0.1) is 0 Å². The molecule has 3 rings (SSSR count). The third kappa shape index (κ3) is 5.61. The van der Waals surface area contributed by atoms with E-state index in [2.05, 4.69) is 0 Å². The van der Waals surface area contributed by atoms with Crippen molar-refractivity contribution in [1.29, 1.82) is 0 Å². The van der Waals surface area contributed by atoms with E-state index in [9.17, 15) is 17.6 Å². The van der Waals surface area contributed by atoms with Crippen LogP contribution in [0.15, 0.2) is 65.3 Å². The van der Waals surface area contributed by atoms with Crippen molar-refractivity contribution in [3.05, 3.63) is 88.6 Å². The highest BCUT2D eigenvalue weighted by atomic mass is 35.5. The van der Waals surface area contributed by atoms with Gasteiger partial charge in [-0.25, -0.2) is 4.39 Å². The summed E-state index contributed by atoms with van der Waals surface area (Å²) in [5, 5.41) is 0.349. The molecule has 9 heteroatoms. The van der Waals surface area contributed by atoms with E-state index in [1.807, 2.05) is 0 Å². The Morgan fingerprint density at radius 3 is 2.60 bits per heavy atom. The van der Waals surface area contributed by atoms with Crippen molar-refractivity contribution in [1.82, 2.24) is 4.90 Å². The van der Waals surface area contributed by atoms with Crippen molar-refractivity contribution in [3.63, 3.8) is 0 Å². The molecular weight excluding hydrogens is 433 g/mol. The van der Waals surface area contributed by atoms with Gasteiger partial charge in [0.15, 0.2) is 0 Å². The first-order valence-corrected chi connectivity index (χ1v) is 11.0. The minimum atomic E-state index is -3.79. The van der Waals surface area contributed by atoms with Gasteiger partial charge in [-0.05, 0) is 55.5 Å². The smallest absolute Gasteiger partial charge is 0.308 e. The van der Waals surface area contributed by atoms with Crippen LogP contribution in [0.4, 0.5) is 4.39 Å². The van der Waals surface area contributed by atoms with E-state index in [0.29, 0.717) is 16.3 Å². The number of hydrogen-bond donors (Lipinski definition) is 0. The largest absolute Gasteiger partial charge is 0.467 e. The maximum Gasteiger partial charge on any atom is 0.308 e. The molecule has 0 bridgehead atoms. The highest BCUT2D eigenvalue weighted by Crippen LogP contribution is 2.27. The first kappa shape index (κ1) is 21.9. The Kier molecular flexibility index (Phi) is 6.79. The molecule has 0 aliphatic carbocycles. The van der Waals surface area contributed by atoms with Crippen molar-refractivity contribution in [2.24, 2.45) is 0 Å². The first-order valence-electron chi connectivity index (χ1n) is 9.05. The van der Waals surface area contributed by atoms with Gasteiger partial charge in [0.25, 0.3) is 5.91 Å². The average Bonchev–Trinajstić information content (AvgIpc) is 3.22. The summed E-state index contributed by atoms with van der Waals surface area (Å²) >= 11 is 6.09. The standard InChI is InChI=1S/C21H19ClFNO5S/c1-2-30(26,27)29-20-9-8-17(22)11-16(20)13-24(14-19-7-4-10-28-19)21(25)15-5-3-6-18(23)12-15/h3-12H,2,13-14H2,1H3. The van der Waals surface area contributed by atoms with Crippen molar-refractivity contribution in [2.75, 3.05) is 5.75 Å². The molecule has 0 N–H and O–H groups in total. The molecule has 3 aromatic rings. The minimum Gasteiger partial charge on any atom is -0.467 e. The van der Waals surface area contributed by atoms with Gasteiger partial charge in [-0.2, -0.15) is 8.42 Å². The van der Waals surface area contributed by atoms with E-state index < -0.39 is 21.8 Å². The van der Waals surface area contributed by atoms with Gasteiger partial charge in [-0.1, -0.05) is 17.7 Å². The molecule has 1 aromatic heterocycles. The van der Waals surface area contributed by atoms with E-state index in [-0.39, 0.29) is 30.2 Å². The van der Waals surface area contributed by atoms with Crippen LogP contribution in [0.1, 0.15) is 28.6 Å². The van der Waals surface area contributed by atoms with Crippen LogP contribution in [-0.2, 0) is 23.2 Å². The number of carbonyl (C=O) groups excluding carboxylic acids is 1. The zero-order chi connectivity index (χ0) is 21.7. The van der Waals surface area contributed by atoms with E-state index in [4.69, 9.17) is 20.2 Å². The van der Waals surface area contributed by atoms with Crippen LogP contribution in [0.2, 0.25) is 5.02 Å². The lowest BCUT2D eigenvalue weighted by Gasteiger charge is -2.23. The predicted octanol–water partition coefficient (Wildman–Crippen LogP) is 4.64. The Bertz CT molecular complexity index is 1130. The molecule has 158 valence electrons. The highest BCUT2D eigenvalue weighted by molar-refractivity contribution is 7.87. The Labute approximate surface area is 179 Å². The summed E-state index contributed by atoms with van der Waals surface area (Å²) < 4.78 is 48.1. The number of carbonyl (C=O) groups is 1. The van der Waals surface area contributed by atoms with E-state index in [0.717, 1.165) is 6.07 Å². The molecule has 0 aliphatic heterocycles. The average molecular weight is 452 g/mol. The number of benzene rings is 2. The molecule has 1 amide bonds. The van der Waals surface area contributed by atoms with Crippen molar-refractivity contribution < 1.29 is 26.2 Å². The number of hydrogen-bond acceptors (Lipinski definition) is 5. The minimum absolute atomic E-state index is 0.0365. The summed E-state index contributed by atoms with van der Waals surface area (Å²) in [6.45, 7) is 1.50. The molecule has 1 heterocycles. The quantitative estimate of drug-likeness (QED) is 0.466. The van der Waals surface area contributed by atoms with Crippen LogP contribution in [0.3, 0.4) is 0 Å². The molecule has 0 saturated carbocycles. The molecule has 0 fully saturated rings. The molecule has 0 atom stereocenters. The monoisotopic (exact) mass is 451 g/mol. The molecular formula is C21H19ClFNO5S. The molecule has 0 aliphatic rings. The Balaban J connectivity index is 1.97. The van der Waals surface area contributed by atoms with Crippen molar-refractivity contribution >= 4 is 27.6 Å². The Morgan fingerprint density at radius 1 is 1.13 bits per heavy atom. The summed E-state index contributed by atoms with van der Waals surface area (Å²) in [5.41, 5.74) is 0.531. The van der Waals surface area contributed by atoms with E-state index >= 15 is 0 Å². The van der Waals surface area contributed by atoms with Crippen LogP contribution >= 0.6 is 11.6 Å². The molecule has 30 heavy (non-hydrogen) atoms. The summed E-state index contributed by atoms with van der Waals surface area (Å²) in [7, 11) is -3.79. The first-order chi connectivity index (χ1) is 14.3. The lowest BCUT2D eigenvalue weighted by molar-refractivity contribution is 0.0716. The molecule has 0 saturated heterocycles. The highest BCUT2D eigenvalue weighted by Gasteiger charge is 2.22. The fourth-order valence-electron chi connectivity index (χ4n) is 2.75. The number of rotatable bonds is 8. The number of nitrogens with zero attached hydrogens (tertiary/aromatic N) is 1. The zero-order valence-corrected chi connectivity index (χ0v) is 17.6. The fourth-order valence-corrected chi connectivity index (χ4v) is 3.50. The number of halogens is 2. The fraction of sp³-hybridized carbons (Fsp3) is 0.190. The summed E-state index contributed by atoms with van der Waals surface area (Å²) in [5.74, 6) is -0.647. The SMILES string of the molecule is CCS(=O)(=O)Oc1ccc(Cl)cc1CN(Cc1ccco1)C(=O)c1cccc(F)c1. The van der Waals surface area contributed by atoms with Gasteiger partial charge in [-0.3, -0.25) is 4.79 Å². The maximum atomic E-state index is 13.6. The summed E-state index contributed by atoms with van der Waals surface area (Å²) in [6.07, 6.45) is 1.47. The lowest BCUT2D eigenvalue weighted by Crippen LogP contribution is -2.30. The van der Waals surface area contributed by atoms with Crippen LogP contribution in [-0.4, -0.2) is 25.0 Å². The zero-order valence-electron chi connectivity index (χ0n) is 16.0. The van der Waals surface area contributed by atoms with Gasteiger partial charge < -0.3 is 13.5 Å². The van der Waals surface area contributed by atoms with E-state index in [1.54, 1.807) is 12.1 Å². The van der Waals surface area contributed by atoms with Crippen LogP contribution in [0.25, 0.3) is 0 Å². The third-order valence-electron chi connectivity index (χ3n) is 4.24. The molecule has 0 radical (unpaired) electrons. The molecule has 0 unspecified atom stereocenters. The van der Waals surface area contributed by atoms with E-state index in [1.165, 1.54) is 54.5 Å². The second kappa shape index (κ2) is 9.32. The van der Waals surface area contributed by atoms with Crippen molar-refractivity contribution in [2.45, 2.75) is 20.0 Å². The van der Waals surface area contributed by atoms with Gasteiger partial charge in [0.1, 0.15) is 17.3 Å². The second-order valence-corrected chi connectivity index (χ2v) is 8.73. The predicted molar refractivity (Wildman–Crippen MR) is 110 cm³/mol. The summed E-state index contributed by atoms with van der Waals surface area (Å²) in [4.78, 5) is 14.5. The maximum absolute atomic E-state index is 13.6. The van der Waals surface area contributed by atoms with Crippen molar-refractivity contribution in [3.8, 4) is 5.75 Å². The molecule has 0 spiro atoms. The van der Waals surface area contributed by atoms with Gasteiger partial charge in [0, 0.05) is 16.1 Å². The third-order valence-corrected chi connectivity index (χ3v) is 5.62. The van der Waals surface area contributed by atoms with Gasteiger partial charge in [0.05, 0.1) is 25.1 Å². The van der Waals surface area contributed by atoms with Crippen LogP contribution in [0.5, 0.6) is 5.75 Å². The second-order valence-electron chi connectivity index (χ2n) is 6.43. The number of furan rings is 1. The Morgan fingerprint density at radius 2 is 1.93 bits per heavy atom. The topological polar surface area (TPSA) is 76.8 Å². The normalized spacial score (nSPS) is 11.3. The van der Waals surface area contributed by atoms with Crippen LogP contribution in [0, 0.1) is 5.82 Å².